The molecule has 1 aliphatic heterocycles. The van der Waals surface area contributed by atoms with Crippen LogP contribution in [0.3, 0.4) is 0 Å². The van der Waals surface area contributed by atoms with E-state index in [1.165, 1.54) is 9.87 Å². The lowest BCUT2D eigenvalue weighted by Crippen LogP contribution is -2.47. The molecule has 23 heavy (non-hydrogen) atoms. The number of benzene rings is 1. The summed E-state index contributed by atoms with van der Waals surface area (Å²) in [5.41, 5.74) is 2.24. The molecule has 0 spiro atoms. The van der Waals surface area contributed by atoms with Gasteiger partial charge in [-0.15, -0.1) is 0 Å². The third-order valence-corrected chi connectivity index (χ3v) is 5.52. The highest BCUT2D eigenvalue weighted by atomic mass is 32.2. The molecule has 1 aromatic heterocycles. The average molecular weight is 332 g/mol. The Morgan fingerprint density at radius 2 is 1.83 bits per heavy atom. The van der Waals surface area contributed by atoms with Crippen molar-refractivity contribution in [2.24, 2.45) is 0 Å². The SMILES string of the molecule is C=CS(=O)(=O)N1CCN(Cc2ccc(-n3cccn3)cc2)CC1. The van der Waals surface area contributed by atoms with E-state index in [0.29, 0.717) is 13.1 Å². The zero-order valence-electron chi connectivity index (χ0n) is 12.9. The first-order valence-corrected chi connectivity index (χ1v) is 9.03. The fraction of sp³-hybridized carbons (Fsp3) is 0.312. The van der Waals surface area contributed by atoms with Crippen molar-refractivity contribution in [1.29, 1.82) is 0 Å². The normalized spacial score (nSPS) is 17.2. The van der Waals surface area contributed by atoms with Crippen molar-refractivity contribution in [1.82, 2.24) is 19.0 Å². The van der Waals surface area contributed by atoms with Gasteiger partial charge in [0.1, 0.15) is 0 Å². The standard InChI is InChI=1S/C16H20N4O2S/c1-2-23(21,22)19-12-10-18(11-13-19)14-15-4-6-16(7-5-15)20-9-3-8-17-20/h2-9H,1,10-14H2. The largest absolute Gasteiger partial charge is 0.296 e. The maximum absolute atomic E-state index is 11.8. The van der Waals surface area contributed by atoms with Crippen LogP contribution in [0, 0.1) is 0 Å². The van der Waals surface area contributed by atoms with Crippen LogP contribution in [0.1, 0.15) is 5.56 Å². The molecule has 0 aliphatic carbocycles. The smallest absolute Gasteiger partial charge is 0.235 e. The van der Waals surface area contributed by atoms with Crippen LogP contribution in [0.2, 0.25) is 0 Å². The monoisotopic (exact) mass is 332 g/mol. The van der Waals surface area contributed by atoms with E-state index in [9.17, 15) is 8.42 Å². The third kappa shape index (κ3) is 3.69. The molecule has 1 saturated heterocycles. The van der Waals surface area contributed by atoms with Crippen LogP contribution in [-0.4, -0.2) is 53.6 Å². The molecule has 0 saturated carbocycles. The van der Waals surface area contributed by atoms with E-state index in [1.807, 2.05) is 29.1 Å². The molecule has 0 amide bonds. The van der Waals surface area contributed by atoms with E-state index in [2.05, 4.69) is 28.7 Å². The van der Waals surface area contributed by atoms with Gasteiger partial charge < -0.3 is 0 Å². The average Bonchev–Trinajstić information content (AvgIpc) is 3.11. The Balaban J connectivity index is 1.58. The van der Waals surface area contributed by atoms with Crippen LogP contribution in [0.15, 0.2) is 54.7 Å². The van der Waals surface area contributed by atoms with Crippen molar-refractivity contribution in [3.63, 3.8) is 0 Å². The predicted molar refractivity (Wildman–Crippen MR) is 89.5 cm³/mol. The molecular formula is C16H20N4O2S. The van der Waals surface area contributed by atoms with Crippen molar-refractivity contribution in [2.45, 2.75) is 6.54 Å². The lowest BCUT2D eigenvalue weighted by molar-refractivity contribution is 0.182. The molecule has 0 radical (unpaired) electrons. The van der Waals surface area contributed by atoms with Crippen molar-refractivity contribution in [3.8, 4) is 5.69 Å². The lowest BCUT2D eigenvalue weighted by atomic mass is 10.2. The van der Waals surface area contributed by atoms with Crippen LogP contribution in [0.5, 0.6) is 0 Å². The lowest BCUT2D eigenvalue weighted by Gasteiger charge is -2.33. The number of hydrogen-bond donors (Lipinski definition) is 0. The zero-order valence-corrected chi connectivity index (χ0v) is 13.7. The summed E-state index contributed by atoms with van der Waals surface area (Å²) >= 11 is 0. The van der Waals surface area contributed by atoms with Crippen molar-refractivity contribution >= 4 is 10.0 Å². The topological polar surface area (TPSA) is 58.4 Å². The molecule has 0 bridgehead atoms. The molecule has 3 rings (SSSR count). The molecule has 6 nitrogen and oxygen atoms in total. The van der Waals surface area contributed by atoms with Crippen LogP contribution < -0.4 is 0 Å². The number of sulfonamides is 1. The molecule has 7 heteroatoms. The molecule has 1 aromatic carbocycles. The van der Waals surface area contributed by atoms with Gasteiger partial charge in [0.2, 0.25) is 10.0 Å². The van der Waals surface area contributed by atoms with Gasteiger partial charge in [0, 0.05) is 50.5 Å². The zero-order chi connectivity index (χ0) is 16.3. The van der Waals surface area contributed by atoms with E-state index in [0.717, 1.165) is 30.7 Å². The van der Waals surface area contributed by atoms with Crippen molar-refractivity contribution in [2.75, 3.05) is 26.2 Å². The minimum atomic E-state index is -3.29. The van der Waals surface area contributed by atoms with Crippen LogP contribution in [0.4, 0.5) is 0 Å². The van der Waals surface area contributed by atoms with Gasteiger partial charge in [-0.05, 0) is 23.8 Å². The van der Waals surface area contributed by atoms with Gasteiger partial charge in [-0.25, -0.2) is 13.1 Å². The van der Waals surface area contributed by atoms with E-state index < -0.39 is 10.0 Å². The van der Waals surface area contributed by atoms with Crippen LogP contribution >= 0.6 is 0 Å². The first-order chi connectivity index (χ1) is 11.1. The van der Waals surface area contributed by atoms with Gasteiger partial charge in [0.05, 0.1) is 5.69 Å². The van der Waals surface area contributed by atoms with E-state index in [1.54, 1.807) is 6.20 Å². The Labute approximate surface area is 136 Å². The maximum atomic E-state index is 11.8. The minimum absolute atomic E-state index is 0.514. The van der Waals surface area contributed by atoms with E-state index in [4.69, 9.17) is 0 Å². The second-order valence-electron chi connectivity index (χ2n) is 5.50. The summed E-state index contributed by atoms with van der Waals surface area (Å²) in [6.45, 7) is 6.68. The first kappa shape index (κ1) is 15.9. The van der Waals surface area contributed by atoms with Gasteiger partial charge in [0.25, 0.3) is 0 Å². The summed E-state index contributed by atoms with van der Waals surface area (Å²) in [7, 11) is -3.29. The molecule has 1 fully saturated rings. The number of piperazine rings is 1. The van der Waals surface area contributed by atoms with Gasteiger partial charge in [-0.1, -0.05) is 18.7 Å². The number of rotatable bonds is 5. The fourth-order valence-corrected chi connectivity index (χ4v) is 3.56. The summed E-state index contributed by atoms with van der Waals surface area (Å²) < 4.78 is 26.8. The molecule has 0 unspecified atom stereocenters. The molecule has 2 heterocycles. The van der Waals surface area contributed by atoms with E-state index >= 15 is 0 Å². The number of nitrogens with zero attached hydrogens (tertiary/aromatic N) is 4. The molecule has 0 atom stereocenters. The van der Waals surface area contributed by atoms with Crippen LogP contribution in [0.25, 0.3) is 5.69 Å². The van der Waals surface area contributed by atoms with Gasteiger partial charge in [-0.3, -0.25) is 4.90 Å². The first-order valence-electron chi connectivity index (χ1n) is 7.52. The number of aromatic nitrogens is 2. The van der Waals surface area contributed by atoms with Crippen molar-refractivity contribution in [3.05, 3.63) is 60.3 Å². The third-order valence-electron chi connectivity index (χ3n) is 4.01. The Bertz CT molecular complexity index is 746. The summed E-state index contributed by atoms with van der Waals surface area (Å²) in [6, 6.07) is 10.2. The van der Waals surface area contributed by atoms with Gasteiger partial charge in [-0.2, -0.15) is 9.40 Å². The predicted octanol–water partition coefficient (Wildman–Crippen LogP) is 1.46. The van der Waals surface area contributed by atoms with Gasteiger partial charge >= 0.3 is 0 Å². The number of hydrogen-bond acceptors (Lipinski definition) is 4. The van der Waals surface area contributed by atoms with Crippen LogP contribution in [-0.2, 0) is 16.6 Å². The molecular weight excluding hydrogens is 312 g/mol. The highest BCUT2D eigenvalue weighted by Crippen LogP contribution is 2.14. The molecule has 122 valence electrons. The summed E-state index contributed by atoms with van der Waals surface area (Å²) in [4.78, 5) is 2.26. The Kier molecular flexibility index (Phi) is 4.61. The summed E-state index contributed by atoms with van der Waals surface area (Å²) in [5.74, 6) is 0. The Morgan fingerprint density at radius 1 is 1.13 bits per heavy atom. The molecule has 1 aliphatic rings. The maximum Gasteiger partial charge on any atom is 0.235 e. The summed E-state index contributed by atoms with van der Waals surface area (Å²) in [6.07, 6.45) is 3.67. The highest BCUT2D eigenvalue weighted by Gasteiger charge is 2.24. The molecule has 2 aromatic rings. The minimum Gasteiger partial charge on any atom is -0.296 e. The Hall–Kier alpha value is -1.96. The second kappa shape index (κ2) is 6.66. The quantitative estimate of drug-likeness (QED) is 0.832. The van der Waals surface area contributed by atoms with Crippen molar-refractivity contribution < 1.29 is 8.42 Å². The second-order valence-corrected chi connectivity index (χ2v) is 7.38. The van der Waals surface area contributed by atoms with E-state index in [-0.39, 0.29) is 0 Å². The van der Waals surface area contributed by atoms with Gasteiger partial charge in [0.15, 0.2) is 0 Å². The molecule has 0 N–H and O–H groups in total. The fourth-order valence-electron chi connectivity index (χ4n) is 2.68. The summed E-state index contributed by atoms with van der Waals surface area (Å²) in [5, 5.41) is 5.23. The Morgan fingerprint density at radius 3 is 2.39 bits per heavy atom. The highest BCUT2D eigenvalue weighted by molar-refractivity contribution is 7.92.